The Morgan fingerprint density at radius 3 is 2.42 bits per heavy atom. The highest BCUT2D eigenvalue weighted by atomic mass is 32.2. The number of carbonyl (C=O) groups excluding carboxylic acids is 1. The molecule has 8 heteroatoms. The van der Waals surface area contributed by atoms with E-state index in [-0.39, 0.29) is 10.8 Å². The number of sulfonamides is 1. The molecule has 3 atom stereocenters. The van der Waals surface area contributed by atoms with Gasteiger partial charge < -0.3 is 9.42 Å². The maximum absolute atomic E-state index is 12.9. The fourth-order valence-electron chi connectivity index (χ4n) is 5.13. The summed E-state index contributed by atoms with van der Waals surface area (Å²) in [7, 11) is -3.62. The zero-order chi connectivity index (χ0) is 18.5. The van der Waals surface area contributed by atoms with Gasteiger partial charge in [-0.25, -0.2) is 8.42 Å². The largest absolute Gasteiger partial charge is 0.360 e. The molecule has 1 aromatic heterocycles. The van der Waals surface area contributed by atoms with Crippen LogP contribution in [0.4, 0.5) is 0 Å². The second-order valence-electron chi connectivity index (χ2n) is 8.08. The van der Waals surface area contributed by atoms with Crippen molar-refractivity contribution in [3.8, 4) is 0 Å². The molecular weight excluding hydrogens is 354 g/mol. The van der Waals surface area contributed by atoms with E-state index in [1.54, 1.807) is 13.8 Å². The zero-order valence-corrected chi connectivity index (χ0v) is 16.3. The quantitative estimate of drug-likeness (QED) is 0.796. The maximum atomic E-state index is 12.9. The minimum atomic E-state index is -3.62. The normalized spacial score (nSPS) is 29.5. The summed E-state index contributed by atoms with van der Waals surface area (Å²) in [6.45, 7) is 4.83. The van der Waals surface area contributed by atoms with Gasteiger partial charge in [0.2, 0.25) is 15.9 Å². The van der Waals surface area contributed by atoms with E-state index in [1.165, 1.54) is 30.0 Å². The SMILES string of the molecule is Cc1noc(C)c1S(=O)(=O)N1CCN(C(=O)C[C@@H]2C[C@H]3CC[C@@H]2C3)CC1. The number of nitrogens with zero attached hydrogens (tertiary/aromatic N) is 3. The number of fused-ring (bicyclic) bond motifs is 2. The van der Waals surface area contributed by atoms with Crippen LogP contribution in [0.25, 0.3) is 0 Å². The van der Waals surface area contributed by atoms with Gasteiger partial charge in [-0.1, -0.05) is 11.6 Å². The molecule has 2 bridgehead atoms. The van der Waals surface area contributed by atoms with Crippen LogP contribution in [-0.2, 0) is 14.8 Å². The summed E-state index contributed by atoms with van der Waals surface area (Å²) in [5, 5.41) is 3.75. The monoisotopic (exact) mass is 381 g/mol. The summed E-state index contributed by atoms with van der Waals surface area (Å²) >= 11 is 0. The van der Waals surface area contributed by atoms with Crippen LogP contribution >= 0.6 is 0 Å². The van der Waals surface area contributed by atoms with Gasteiger partial charge in [-0.15, -0.1) is 0 Å². The number of hydrogen-bond acceptors (Lipinski definition) is 5. The first-order chi connectivity index (χ1) is 12.4. The van der Waals surface area contributed by atoms with E-state index in [1.807, 2.05) is 4.90 Å². The van der Waals surface area contributed by atoms with Gasteiger partial charge in [-0.05, 0) is 50.9 Å². The minimum absolute atomic E-state index is 0.166. The predicted octanol–water partition coefficient (Wildman–Crippen LogP) is 1.95. The Morgan fingerprint density at radius 2 is 1.88 bits per heavy atom. The van der Waals surface area contributed by atoms with E-state index < -0.39 is 10.0 Å². The Labute approximate surface area is 154 Å². The van der Waals surface area contributed by atoms with Gasteiger partial charge in [0.25, 0.3) is 0 Å². The predicted molar refractivity (Wildman–Crippen MR) is 94.9 cm³/mol. The fraction of sp³-hybridized carbons (Fsp3) is 0.778. The summed E-state index contributed by atoms with van der Waals surface area (Å²) in [5.74, 6) is 2.64. The van der Waals surface area contributed by atoms with E-state index in [0.717, 1.165) is 11.8 Å². The third-order valence-electron chi connectivity index (χ3n) is 6.48. The van der Waals surface area contributed by atoms with Crippen molar-refractivity contribution in [2.75, 3.05) is 26.2 Å². The van der Waals surface area contributed by atoms with Gasteiger partial charge in [0.05, 0.1) is 0 Å². The molecule has 1 aromatic rings. The molecule has 1 saturated heterocycles. The molecule has 2 heterocycles. The second kappa shape index (κ2) is 6.64. The van der Waals surface area contributed by atoms with Crippen LogP contribution in [0.1, 0.15) is 43.6 Å². The molecule has 0 N–H and O–H groups in total. The van der Waals surface area contributed by atoms with Crippen molar-refractivity contribution in [2.24, 2.45) is 17.8 Å². The molecule has 0 radical (unpaired) electrons. The summed E-state index contributed by atoms with van der Waals surface area (Å²) in [5.41, 5.74) is 0.386. The van der Waals surface area contributed by atoms with Crippen molar-refractivity contribution in [1.82, 2.24) is 14.4 Å². The summed E-state index contributed by atoms with van der Waals surface area (Å²) in [4.78, 5) is 14.7. The average Bonchev–Trinajstić information content (AvgIpc) is 3.31. The number of aromatic nitrogens is 1. The fourth-order valence-corrected chi connectivity index (χ4v) is 6.84. The molecule has 3 fully saturated rings. The number of piperazine rings is 1. The first kappa shape index (κ1) is 18.0. The molecular formula is C18H27N3O4S. The van der Waals surface area contributed by atoms with Crippen LogP contribution in [0.15, 0.2) is 9.42 Å². The highest BCUT2D eigenvalue weighted by Crippen LogP contribution is 2.49. The average molecular weight is 381 g/mol. The van der Waals surface area contributed by atoms with Crippen molar-refractivity contribution < 1.29 is 17.7 Å². The number of amides is 1. The maximum Gasteiger partial charge on any atom is 0.248 e. The smallest absolute Gasteiger partial charge is 0.248 e. The lowest BCUT2D eigenvalue weighted by Gasteiger charge is -2.35. The van der Waals surface area contributed by atoms with Crippen LogP contribution in [0.3, 0.4) is 0 Å². The van der Waals surface area contributed by atoms with Crippen LogP contribution in [0.5, 0.6) is 0 Å². The molecule has 3 aliphatic rings. The Morgan fingerprint density at radius 1 is 1.15 bits per heavy atom. The first-order valence-corrected chi connectivity index (χ1v) is 11.0. The molecule has 1 amide bonds. The van der Waals surface area contributed by atoms with Gasteiger partial charge >= 0.3 is 0 Å². The third kappa shape index (κ3) is 3.07. The number of hydrogen-bond donors (Lipinski definition) is 0. The molecule has 1 aliphatic heterocycles. The van der Waals surface area contributed by atoms with Gasteiger partial charge in [0.1, 0.15) is 10.6 Å². The second-order valence-corrected chi connectivity index (χ2v) is 9.95. The van der Waals surface area contributed by atoms with Crippen molar-refractivity contribution in [1.29, 1.82) is 0 Å². The third-order valence-corrected chi connectivity index (χ3v) is 8.62. The van der Waals surface area contributed by atoms with E-state index in [4.69, 9.17) is 4.52 Å². The van der Waals surface area contributed by atoms with E-state index in [9.17, 15) is 13.2 Å². The summed E-state index contributed by atoms with van der Waals surface area (Å²) in [6.07, 6.45) is 5.77. The van der Waals surface area contributed by atoms with Gasteiger partial charge in [0, 0.05) is 32.6 Å². The van der Waals surface area contributed by atoms with Gasteiger partial charge in [-0.3, -0.25) is 4.79 Å². The van der Waals surface area contributed by atoms with Gasteiger partial charge in [-0.2, -0.15) is 4.31 Å². The van der Waals surface area contributed by atoms with Crippen LogP contribution in [-0.4, -0.2) is 54.9 Å². The molecule has 4 rings (SSSR count). The zero-order valence-electron chi connectivity index (χ0n) is 15.5. The molecule has 26 heavy (non-hydrogen) atoms. The van der Waals surface area contributed by atoms with E-state index in [2.05, 4.69) is 5.16 Å². The lowest BCUT2D eigenvalue weighted by molar-refractivity contribution is -0.133. The van der Waals surface area contributed by atoms with Gasteiger partial charge in [0.15, 0.2) is 5.76 Å². The van der Waals surface area contributed by atoms with Crippen LogP contribution in [0, 0.1) is 31.6 Å². The van der Waals surface area contributed by atoms with Crippen molar-refractivity contribution in [2.45, 2.75) is 50.8 Å². The topological polar surface area (TPSA) is 83.7 Å². The van der Waals surface area contributed by atoms with Crippen LogP contribution < -0.4 is 0 Å². The van der Waals surface area contributed by atoms with E-state index >= 15 is 0 Å². The Bertz CT molecular complexity index is 776. The highest BCUT2D eigenvalue weighted by molar-refractivity contribution is 7.89. The Balaban J connectivity index is 1.36. The van der Waals surface area contributed by atoms with E-state index in [0.29, 0.717) is 50.0 Å². The standard InChI is InChI=1S/C18H27N3O4S/c1-12-18(13(2)25-19-12)26(23,24)21-7-5-20(6-8-21)17(22)11-16-10-14-3-4-15(16)9-14/h14-16H,3-11H2,1-2H3/t14-,15+,16-/m0/s1. The van der Waals surface area contributed by atoms with Crippen LogP contribution in [0.2, 0.25) is 0 Å². The molecule has 0 unspecified atom stereocenters. The summed E-state index contributed by atoms with van der Waals surface area (Å²) in [6, 6.07) is 0. The molecule has 7 nitrogen and oxygen atoms in total. The number of aryl methyl sites for hydroxylation is 2. The van der Waals surface area contributed by atoms with Crippen molar-refractivity contribution >= 4 is 15.9 Å². The summed E-state index contributed by atoms with van der Waals surface area (Å²) < 4.78 is 32.2. The number of rotatable bonds is 4. The lowest BCUT2D eigenvalue weighted by Crippen LogP contribution is -2.51. The minimum Gasteiger partial charge on any atom is -0.360 e. The van der Waals surface area contributed by atoms with Crippen molar-refractivity contribution in [3.63, 3.8) is 0 Å². The molecule has 2 aliphatic carbocycles. The number of carbonyl (C=O) groups is 1. The Hall–Kier alpha value is -1.41. The molecule has 144 valence electrons. The lowest BCUT2D eigenvalue weighted by atomic mass is 9.86. The first-order valence-electron chi connectivity index (χ1n) is 9.57. The Kier molecular flexibility index (Phi) is 4.59. The molecule has 0 aromatic carbocycles. The molecule has 0 spiro atoms. The highest BCUT2D eigenvalue weighted by Gasteiger charge is 2.41. The van der Waals surface area contributed by atoms with Crippen molar-refractivity contribution in [3.05, 3.63) is 11.5 Å². The molecule has 2 saturated carbocycles.